The van der Waals surface area contributed by atoms with E-state index in [1.807, 2.05) is 41.8 Å². The maximum Gasteiger partial charge on any atom is 0.225 e. The molecule has 4 nitrogen and oxygen atoms in total. The molecule has 1 atom stereocenters. The first-order valence-corrected chi connectivity index (χ1v) is 7.57. The molecule has 1 amide bonds. The quantitative estimate of drug-likeness (QED) is 0.855. The van der Waals surface area contributed by atoms with Gasteiger partial charge in [-0.2, -0.15) is 0 Å². The molecule has 0 aliphatic carbocycles. The zero-order chi connectivity index (χ0) is 15.1. The number of methoxy groups -OCH3 is 2. The third kappa shape index (κ3) is 4.31. The van der Waals surface area contributed by atoms with Gasteiger partial charge in [-0.15, -0.1) is 11.3 Å². The first kappa shape index (κ1) is 15.5. The van der Waals surface area contributed by atoms with E-state index >= 15 is 0 Å². The second-order valence-corrected chi connectivity index (χ2v) is 5.56. The van der Waals surface area contributed by atoms with Gasteiger partial charge in [0.2, 0.25) is 5.91 Å². The Morgan fingerprint density at radius 3 is 2.71 bits per heavy atom. The van der Waals surface area contributed by atoms with Gasteiger partial charge in [-0.05, 0) is 17.5 Å². The molecule has 0 unspecified atom stereocenters. The molecule has 0 spiro atoms. The van der Waals surface area contributed by atoms with Crippen molar-refractivity contribution >= 4 is 17.2 Å². The molecule has 0 aliphatic heterocycles. The molecule has 2 rings (SSSR count). The van der Waals surface area contributed by atoms with Gasteiger partial charge >= 0.3 is 0 Å². The average molecular weight is 305 g/mol. The first-order chi connectivity index (χ1) is 10.2. The Morgan fingerprint density at radius 2 is 2.05 bits per heavy atom. The van der Waals surface area contributed by atoms with Crippen LogP contribution in [0, 0.1) is 0 Å². The summed E-state index contributed by atoms with van der Waals surface area (Å²) in [5.74, 6) is 0.756. The van der Waals surface area contributed by atoms with Crippen molar-refractivity contribution < 1.29 is 14.3 Å². The summed E-state index contributed by atoms with van der Waals surface area (Å²) in [5.41, 5.74) is 0.930. The molecule has 0 aliphatic rings. The van der Waals surface area contributed by atoms with Crippen molar-refractivity contribution in [2.24, 2.45) is 0 Å². The summed E-state index contributed by atoms with van der Waals surface area (Å²) >= 11 is 1.58. The number of carbonyl (C=O) groups excluding carboxylic acids is 1. The van der Waals surface area contributed by atoms with Gasteiger partial charge < -0.3 is 14.8 Å². The van der Waals surface area contributed by atoms with E-state index in [4.69, 9.17) is 9.47 Å². The normalized spacial score (nSPS) is 11.9. The lowest BCUT2D eigenvalue weighted by Crippen LogP contribution is -2.30. The lowest BCUT2D eigenvalue weighted by molar-refractivity contribution is -0.121. The van der Waals surface area contributed by atoms with Crippen molar-refractivity contribution in [3.05, 3.63) is 52.2 Å². The number of hydrogen-bond acceptors (Lipinski definition) is 4. The van der Waals surface area contributed by atoms with Crippen LogP contribution in [-0.4, -0.2) is 26.7 Å². The number of thiophene rings is 1. The van der Waals surface area contributed by atoms with Gasteiger partial charge in [-0.1, -0.05) is 24.3 Å². The molecule has 1 aromatic heterocycles. The van der Waals surface area contributed by atoms with E-state index in [9.17, 15) is 4.79 Å². The number of carbonyl (C=O) groups is 1. The summed E-state index contributed by atoms with van der Waals surface area (Å²) in [4.78, 5) is 13.0. The molecular weight excluding hydrogens is 286 g/mol. The predicted molar refractivity (Wildman–Crippen MR) is 83.8 cm³/mol. The van der Waals surface area contributed by atoms with Gasteiger partial charge in [0.25, 0.3) is 0 Å². The average Bonchev–Trinajstić information content (AvgIpc) is 3.01. The minimum atomic E-state index is -0.228. The molecule has 1 aromatic carbocycles. The van der Waals surface area contributed by atoms with E-state index in [-0.39, 0.29) is 12.0 Å². The highest BCUT2D eigenvalue weighted by atomic mass is 32.1. The van der Waals surface area contributed by atoms with E-state index in [2.05, 4.69) is 5.32 Å². The zero-order valence-electron chi connectivity index (χ0n) is 12.2. The summed E-state index contributed by atoms with van der Waals surface area (Å²) in [6.07, 6.45) is 0.175. The molecule has 21 heavy (non-hydrogen) atoms. The van der Waals surface area contributed by atoms with Crippen LogP contribution in [0.2, 0.25) is 0 Å². The fraction of sp³-hybridized carbons (Fsp3) is 0.312. The second kappa shape index (κ2) is 7.81. The molecule has 112 valence electrons. The summed E-state index contributed by atoms with van der Waals surface area (Å²) < 4.78 is 10.8. The molecular formula is C16H19NO3S. The van der Waals surface area contributed by atoms with E-state index < -0.39 is 0 Å². The molecule has 0 bridgehead atoms. The monoisotopic (exact) mass is 305 g/mol. The summed E-state index contributed by atoms with van der Waals surface area (Å²) in [6.45, 7) is 0.418. The Balaban J connectivity index is 1.94. The highest BCUT2D eigenvalue weighted by Crippen LogP contribution is 2.26. The summed E-state index contributed by atoms with van der Waals surface area (Å²) in [6, 6.07) is 11.6. The number of ether oxygens (including phenoxy) is 2. The van der Waals surface area contributed by atoms with Crippen LogP contribution in [-0.2, 0) is 16.0 Å². The third-order valence-corrected chi connectivity index (χ3v) is 4.05. The van der Waals surface area contributed by atoms with Crippen LogP contribution in [0.1, 0.15) is 16.5 Å². The largest absolute Gasteiger partial charge is 0.496 e. The minimum absolute atomic E-state index is 0.00519. The highest BCUT2D eigenvalue weighted by molar-refractivity contribution is 7.10. The van der Waals surface area contributed by atoms with Gasteiger partial charge in [0, 0.05) is 24.1 Å². The van der Waals surface area contributed by atoms with Crippen LogP contribution >= 0.6 is 11.3 Å². The Kier molecular flexibility index (Phi) is 5.78. The van der Waals surface area contributed by atoms with Crippen LogP contribution in [0.25, 0.3) is 0 Å². The van der Waals surface area contributed by atoms with Crippen molar-refractivity contribution in [3.8, 4) is 5.75 Å². The standard InChI is InChI=1S/C16H19NO3S/c1-19-14-8-4-3-7-13(14)15(20-2)11-17-16(18)10-12-6-5-9-21-12/h3-9,15H,10-11H2,1-2H3,(H,17,18)/t15-/m0/s1. The zero-order valence-corrected chi connectivity index (χ0v) is 13.0. The van der Waals surface area contributed by atoms with Crippen molar-refractivity contribution in [3.63, 3.8) is 0 Å². The molecule has 2 aromatic rings. The number of para-hydroxylation sites is 1. The van der Waals surface area contributed by atoms with Crippen LogP contribution in [0.15, 0.2) is 41.8 Å². The van der Waals surface area contributed by atoms with Gasteiger partial charge in [0.15, 0.2) is 0 Å². The van der Waals surface area contributed by atoms with Crippen molar-refractivity contribution in [1.29, 1.82) is 0 Å². The number of benzene rings is 1. The number of hydrogen-bond donors (Lipinski definition) is 1. The number of amides is 1. The second-order valence-electron chi connectivity index (χ2n) is 4.53. The van der Waals surface area contributed by atoms with Crippen LogP contribution in [0.4, 0.5) is 0 Å². The Morgan fingerprint density at radius 1 is 1.24 bits per heavy atom. The third-order valence-electron chi connectivity index (χ3n) is 3.17. The van der Waals surface area contributed by atoms with E-state index in [0.29, 0.717) is 13.0 Å². The van der Waals surface area contributed by atoms with Crippen LogP contribution < -0.4 is 10.1 Å². The smallest absolute Gasteiger partial charge is 0.225 e. The molecule has 0 fully saturated rings. The first-order valence-electron chi connectivity index (χ1n) is 6.69. The van der Waals surface area contributed by atoms with Gasteiger partial charge in [0.1, 0.15) is 11.9 Å². The Labute approximate surface area is 128 Å². The molecule has 0 radical (unpaired) electrons. The number of rotatable bonds is 7. The molecule has 1 N–H and O–H groups in total. The molecule has 0 saturated heterocycles. The van der Waals surface area contributed by atoms with E-state index in [1.165, 1.54) is 0 Å². The lowest BCUT2D eigenvalue weighted by Gasteiger charge is -2.19. The SMILES string of the molecule is COc1ccccc1[C@H](CNC(=O)Cc1cccs1)OC. The maximum absolute atomic E-state index is 11.9. The number of nitrogens with one attached hydrogen (secondary N) is 1. The molecule has 0 saturated carbocycles. The fourth-order valence-corrected chi connectivity index (χ4v) is 2.80. The topological polar surface area (TPSA) is 47.6 Å². The lowest BCUT2D eigenvalue weighted by atomic mass is 10.1. The van der Waals surface area contributed by atoms with Crippen molar-refractivity contribution in [2.45, 2.75) is 12.5 Å². The van der Waals surface area contributed by atoms with Gasteiger partial charge in [-0.3, -0.25) is 4.79 Å². The summed E-state index contributed by atoms with van der Waals surface area (Å²) in [5, 5.41) is 4.88. The predicted octanol–water partition coefficient (Wildman–Crippen LogP) is 2.80. The Hall–Kier alpha value is -1.85. The Bertz CT molecular complexity index is 569. The van der Waals surface area contributed by atoms with Crippen LogP contribution in [0.5, 0.6) is 5.75 Å². The van der Waals surface area contributed by atoms with Gasteiger partial charge in [0.05, 0.1) is 13.5 Å². The van der Waals surface area contributed by atoms with Crippen molar-refractivity contribution in [2.75, 3.05) is 20.8 Å². The van der Waals surface area contributed by atoms with Crippen molar-refractivity contribution in [1.82, 2.24) is 5.32 Å². The van der Waals surface area contributed by atoms with E-state index in [1.54, 1.807) is 25.6 Å². The van der Waals surface area contributed by atoms with Crippen LogP contribution in [0.3, 0.4) is 0 Å². The fourth-order valence-electron chi connectivity index (χ4n) is 2.09. The molecule has 1 heterocycles. The maximum atomic E-state index is 11.9. The van der Waals surface area contributed by atoms with E-state index in [0.717, 1.165) is 16.2 Å². The highest BCUT2D eigenvalue weighted by Gasteiger charge is 2.16. The molecule has 5 heteroatoms. The summed E-state index contributed by atoms with van der Waals surface area (Å²) in [7, 11) is 3.25. The minimum Gasteiger partial charge on any atom is -0.496 e. The van der Waals surface area contributed by atoms with Gasteiger partial charge in [-0.25, -0.2) is 0 Å².